The number of hydrogen-bond donors (Lipinski definition) is 1. The Bertz CT molecular complexity index is 450. The maximum Gasteiger partial charge on any atom is 0.168 e. The molecule has 1 N–H and O–H groups in total. The summed E-state index contributed by atoms with van der Waals surface area (Å²) in [5.41, 5.74) is 1.32. The van der Waals surface area contributed by atoms with E-state index in [9.17, 15) is 0 Å². The number of hydrogen-bond acceptors (Lipinski definition) is 3. The van der Waals surface area contributed by atoms with Crippen LogP contribution in [0, 0.1) is 0 Å². The van der Waals surface area contributed by atoms with Gasteiger partial charge < -0.3 is 14.8 Å². The molecule has 0 amide bonds. The molecule has 1 saturated carbocycles. The standard InChI is InChI=1S/C16H22BrNO2/c1-12(14-4-2-3-5-15(14)17)18-13-6-8-16(9-7-13)19-10-11-20-16/h2-5,12-13,18H,6-11H2,1H3/t12-/m0/s1. The van der Waals surface area contributed by atoms with Gasteiger partial charge in [0.15, 0.2) is 5.79 Å². The van der Waals surface area contributed by atoms with Crippen LogP contribution in [0.15, 0.2) is 28.7 Å². The zero-order valence-corrected chi connectivity index (χ0v) is 13.5. The summed E-state index contributed by atoms with van der Waals surface area (Å²) < 4.78 is 12.7. The first-order chi connectivity index (χ1) is 9.69. The molecule has 110 valence electrons. The third kappa shape index (κ3) is 3.08. The number of benzene rings is 1. The highest BCUT2D eigenvalue weighted by atomic mass is 79.9. The van der Waals surface area contributed by atoms with E-state index in [1.807, 2.05) is 0 Å². The van der Waals surface area contributed by atoms with Gasteiger partial charge in [0.2, 0.25) is 0 Å². The van der Waals surface area contributed by atoms with E-state index in [-0.39, 0.29) is 5.79 Å². The van der Waals surface area contributed by atoms with Crippen LogP contribution in [-0.2, 0) is 9.47 Å². The van der Waals surface area contributed by atoms with Crippen molar-refractivity contribution in [1.29, 1.82) is 0 Å². The highest BCUT2D eigenvalue weighted by molar-refractivity contribution is 9.10. The quantitative estimate of drug-likeness (QED) is 0.908. The highest BCUT2D eigenvalue weighted by Gasteiger charge is 2.40. The summed E-state index contributed by atoms with van der Waals surface area (Å²) in [6.07, 6.45) is 4.25. The number of nitrogens with one attached hydrogen (secondary N) is 1. The van der Waals surface area contributed by atoms with Crippen molar-refractivity contribution in [2.24, 2.45) is 0 Å². The fraction of sp³-hybridized carbons (Fsp3) is 0.625. The second-order valence-corrected chi connectivity index (χ2v) is 6.65. The van der Waals surface area contributed by atoms with Gasteiger partial charge in [0.05, 0.1) is 13.2 Å². The molecular weight excluding hydrogens is 318 g/mol. The maximum atomic E-state index is 5.78. The summed E-state index contributed by atoms with van der Waals surface area (Å²) in [5.74, 6) is -0.255. The van der Waals surface area contributed by atoms with Gasteiger partial charge in [-0.1, -0.05) is 34.1 Å². The van der Waals surface area contributed by atoms with Gasteiger partial charge in [0.1, 0.15) is 0 Å². The molecule has 0 bridgehead atoms. The largest absolute Gasteiger partial charge is 0.348 e. The maximum absolute atomic E-state index is 5.78. The molecule has 0 aromatic heterocycles. The Morgan fingerprint density at radius 2 is 1.85 bits per heavy atom. The van der Waals surface area contributed by atoms with E-state index in [4.69, 9.17) is 9.47 Å². The lowest BCUT2D eigenvalue weighted by Gasteiger charge is -2.36. The van der Waals surface area contributed by atoms with Gasteiger partial charge in [-0.05, 0) is 31.4 Å². The lowest BCUT2D eigenvalue weighted by molar-refractivity contribution is -0.179. The molecule has 2 fully saturated rings. The molecule has 20 heavy (non-hydrogen) atoms. The third-order valence-corrected chi connectivity index (χ3v) is 5.14. The Balaban J connectivity index is 1.56. The topological polar surface area (TPSA) is 30.5 Å². The van der Waals surface area contributed by atoms with E-state index >= 15 is 0 Å². The summed E-state index contributed by atoms with van der Waals surface area (Å²) in [6.45, 7) is 3.74. The van der Waals surface area contributed by atoms with Gasteiger partial charge in [-0.15, -0.1) is 0 Å². The summed E-state index contributed by atoms with van der Waals surface area (Å²) in [4.78, 5) is 0. The number of rotatable bonds is 3. The van der Waals surface area contributed by atoms with Crippen LogP contribution in [0.5, 0.6) is 0 Å². The molecule has 1 aromatic carbocycles. The van der Waals surface area contributed by atoms with Crippen molar-refractivity contribution < 1.29 is 9.47 Å². The van der Waals surface area contributed by atoms with Crippen LogP contribution in [0.25, 0.3) is 0 Å². The predicted octanol–water partition coefficient (Wildman–Crippen LogP) is 3.79. The first-order valence-electron chi connectivity index (χ1n) is 7.47. The molecule has 0 unspecified atom stereocenters. The van der Waals surface area contributed by atoms with Crippen molar-refractivity contribution in [3.63, 3.8) is 0 Å². The van der Waals surface area contributed by atoms with E-state index in [1.165, 1.54) is 10.0 Å². The van der Waals surface area contributed by atoms with Gasteiger partial charge in [-0.25, -0.2) is 0 Å². The fourth-order valence-electron chi connectivity index (χ4n) is 3.28. The van der Waals surface area contributed by atoms with Crippen molar-refractivity contribution in [1.82, 2.24) is 5.32 Å². The van der Waals surface area contributed by atoms with Gasteiger partial charge in [-0.2, -0.15) is 0 Å². The zero-order chi connectivity index (χ0) is 14.0. The van der Waals surface area contributed by atoms with E-state index in [2.05, 4.69) is 52.4 Å². The van der Waals surface area contributed by atoms with Gasteiger partial charge >= 0.3 is 0 Å². The average Bonchev–Trinajstić information content (AvgIpc) is 2.90. The van der Waals surface area contributed by atoms with Gasteiger partial charge in [0.25, 0.3) is 0 Å². The van der Waals surface area contributed by atoms with E-state index in [0.717, 1.165) is 38.9 Å². The fourth-order valence-corrected chi connectivity index (χ4v) is 3.91. The summed E-state index contributed by atoms with van der Waals surface area (Å²) in [7, 11) is 0. The lowest BCUT2D eigenvalue weighted by Crippen LogP contribution is -2.42. The van der Waals surface area contributed by atoms with Crippen molar-refractivity contribution in [2.75, 3.05) is 13.2 Å². The summed E-state index contributed by atoms with van der Waals surface area (Å²) in [5, 5.41) is 3.74. The molecule has 1 aliphatic carbocycles. The second kappa shape index (κ2) is 6.14. The average molecular weight is 340 g/mol. The van der Waals surface area contributed by atoms with E-state index in [1.54, 1.807) is 0 Å². The molecule has 3 nitrogen and oxygen atoms in total. The van der Waals surface area contributed by atoms with Crippen LogP contribution >= 0.6 is 15.9 Å². The van der Waals surface area contributed by atoms with Crippen molar-refractivity contribution >= 4 is 15.9 Å². The van der Waals surface area contributed by atoms with Crippen LogP contribution in [0.2, 0.25) is 0 Å². The van der Waals surface area contributed by atoms with Gasteiger partial charge in [0, 0.05) is 29.4 Å². The van der Waals surface area contributed by atoms with Gasteiger partial charge in [-0.3, -0.25) is 0 Å². The van der Waals surface area contributed by atoms with Crippen LogP contribution in [0.3, 0.4) is 0 Å². The number of ether oxygens (including phenoxy) is 2. The minimum Gasteiger partial charge on any atom is -0.348 e. The van der Waals surface area contributed by atoms with E-state index < -0.39 is 0 Å². The summed E-state index contributed by atoms with van der Waals surface area (Å²) in [6, 6.07) is 9.33. The van der Waals surface area contributed by atoms with Crippen molar-refractivity contribution in [2.45, 2.75) is 50.5 Å². The Hall–Kier alpha value is -0.420. The SMILES string of the molecule is C[C@H](NC1CCC2(CC1)OCCO2)c1ccccc1Br. The molecule has 1 atom stereocenters. The lowest BCUT2D eigenvalue weighted by atomic mass is 9.89. The first kappa shape index (κ1) is 14.5. The third-order valence-electron chi connectivity index (χ3n) is 4.42. The van der Waals surface area contributed by atoms with Crippen LogP contribution < -0.4 is 5.32 Å². The van der Waals surface area contributed by atoms with E-state index in [0.29, 0.717) is 12.1 Å². The molecule has 1 aliphatic heterocycles. The molecule has 2 aliphatic rings. The minimum atomic E-state index is -0.255. The molecule has 3 rings (SSSR count). The first-order valence-corrected chi connectivity index (χ1v) is 8.26. The molecule has 0 radical (unpaired) electrons. The Labute approximate surface area is 129 Å². The molecule has 1 aromatic rings. The monoisotopic (exact) mass is 339 g/mol. The Kier molecular flexibility index (Phi) is 4.46. The zero-order valence-electron chi connectivity index (χ0n) is 11.9. The molecular formula is C16H22BrNO2. The minimum absolute atomic E-state index is 0.255. The van der Waals surface area contributed by atoms with Crippen molar-refractivity contribution in [3.05, 3.63) is 34.3 Å². The molecule has 4 heteroatoms. The Morgan fingerprint density at radius 3 is 2.50 bits per heavy atom. The normalized spacial score (nSPS) is 24.1. The van der Waals surface area contributed by atoms with Crippen LogP contribution in [-0.4, -0.2) is 25.0 Å². The second-order valence-electron chi connectivity index (χ2n) is 5.79. The Morgan fingerprint density at radius 1 is 1.20 bits per heavy atom. The summed E-state index contributed by atoms with van der Waals surface area (Å²) >= 11 is 3.63. The predicted molar refractivity (Wildman–Crippen MR) is 82.6 cm³/mol. The smallest absolute Gasteiger partial charge is 0.168 e. The van der Waals surface area contributed by atoms with Crippen LogP contribution in [0.1, 0.15) is 44.2 Å². The van der Waals surface area contributed by atoms with Crippen LogP contribution in [0.4, 0.5) is 0 Å². The molecule has 1 heterocycles. The molecule has 1 spiro atoms. The number of halogens is 1. The molecule has 1 saturated heterocycles. The highest BCUT2D eigenvalue weighted by Crippen LogP contribution is 2.36. The van der Waals surface area contributed by atoms with Crippen molar-refractivity contribution in [3.8, 4) is 0 Å².